The van der Waals surface area contributed by atoms with E-state index in [1.165, 1.54) is 6.08 Å². The number of benzene rings is 3. The van der Waals surface area contributed by atoms with Crippen LogP contribution in [0.5, 0.6) is 11.5 Å². The molecule has 0 heterocycles. The number of ether oxygens (including phenoxy) is 3. The Hall–Kier alpha value is -4.06. The Morgan fingerprint density at radius 3 is 2.39 bits per heavy atom. The lowest BCUT2D eigenvalue weighted by atomic mass is 10.1. The Bertz CT molecular complexity index is 1140. The molecule has 1 amide bonds. The second-order valence-electron chi connectivity index (χ2n) is 8.28. The summed E-state index contributed by atoms with van der Waals surface area (Å²) < 4.78 is 16.6. The molecule has 0 aromatic heterocycles. The number of methoxy groups -OCH3 is 1. The number of hydrogen-bond donors (Lipinski definition) is 1. The zero-order valence-electron chi connectivity index (χ0n) is 20.9. The number of esters is 1. The minimum atomic E-state index is -0.352. The summed E-state index contributed by atoms with van der Waals surface area (Å²) in [5.74, 6) is 0.572. The first-order valence-corrected chi connectivity index (χ1v) is 12.2. The van der Waals surface area contributed by atoms with Crippen molar-refractivity contribution >= 4 is 23.6 Å². The highest BCUT2D eigenvalue weighted by Gasteiger charge is 2.08. The van der Waals surface area contributed by atoms with Crippen LogP contribution < -0.4 is 14.8 Å². The third kappa shape index (κ3) is 8.62. The molecule has 0 radical (unpaired) electrons. The number of unbranched alkanes of at least 4 members (excludes halogenated alkanes) is 3. The first kappa shape index (κ1) is 26.5. The third-order valence-electron chi connectivity index (χ3n) is 5.47. The van der Waals surface area contributed by atoms with Crippen molar-refractivity contribution in [1.29, 1.82) is 0 Å². The molecular weight excluding hydrogens is 454 g/mol. The number of hydrogen-bond acceptors (Lipinski definition) is 5. The molecule has 3 aromatic rings. The minimum absolute atomic E-state index is 0.287. The number of rotatable bonds is 13. The molecule has 0 fully saturated rings. The maximum absolute atomic E-state index is 12.4. The van der Waals surface area contributed by atoms with E-state index < -0.39 is 0 Å². The van der Waals surface area contributed by atoms with Gasteiger partial charge in [0.2, 0.25) is 5.91 Å². The maximum atomic E-state index is 12.4. The van der Waals surface area contributed by atoms with Crippen LogP contribution in [0.1, 0.15) is 54.1 Å². The van der Waals surface area contributed by atoms with Crippen molar-refractivity contribution in [1.82, 2.24) is 0 Å². The number of nitrogens with one attached hydrogen (secondary N) is 1. The standard InChI is InChI=1S/C30H33NO5/c1-3-4-5-9-20-35-30(33)25-14-16-26(17-15-25)31-29(32)19-13-23-12-18-27(28(21-23)34-2)36-22-24-10-7-6-8-11-24/h6-8,10-19,21H,3-5,9,20,22H2,1-2H3,(H,31,32). The summed E-state index contributed by atoms with van der Waals surface area (Å²) in [7, 11) is 1.58. The molecule has 6 heteroatoms. The lowest BCUT2D eigenvalue weighted by molar-refractivity contribution is -0.111. The number of carbonyl (C=O) groups is 2. The Labute approximate surface area is 212 Å². The van der Waals surface area contributed by atoms with Gasteiger partial charge < -0.3 is 19.5 Å². The number of amides is 1. The zero-order chi connectivity index (χ0) is 25.6. The highest BCUT2D eigenvalue weighted by molar-refractivity contribution is 6.02. The van der Waals surface area contributed by atoms with Gasteiger partial charge in [-0.25, -0.2) is 4.79 Å². The molecule has 3 aromatic carbocycles. The summed E-state index contributed by atoms with van der Waals surface area (Å²) in [6, 6.07) is 22.0. The molecule has 6 nitrogen and oxygen atoms in total. The van der Waals surface area contributed by atoms with E-state index in [0.29, 0.717) is 36.0 Å². The molecule has 3 rings (SSSR count). The van der Waals surface area contributed by atoms with Crippen LogP contribution in [0.4, 0.5) is 5.69 Å². The maximum Gasteiger partial charge on any atom is 0.338 e. The van der Waals surface area contributed by atoms with Crippen LogP contribution in [0.25, 0.3) is 6.08 Å². The first-order chi connectivity index (χ1) is 17.6. The third-order valence-corrected chi connectivity index (χ3v) is 5.47. The number of anilines is 1. The molecule has 0 aliphatic heterocycles. The Balaban J connectivity index is 1.50. The Morgan fingerprint density at radius 2 is 1.67 bits per heavy atom. The van der Waals surface area contributed by atoms with E-state index in [0.717, 1.165) is 36.8 Å². The van der Waals surface area contributed by atoms with E-state index in [4.69, 9.17) is 14.2 Å². The summed E-state index contributed by atoms with van der Waals surface area (Å²) in [6.07, 6.45) is 7.35. The van der Waals surface area contributed by atoms with Crippen LogP contribution in [-0.2, 0) is 16.1 Å². The monoisotopic (exact) mass is 487 g/mol. The van der Waals surface area contributed by atoms with Crippen LogP contribution in [0.3, 0.4) is 0 Å². The summed E-state index contributed by atoms with van der Waals surface area (Å²) in [5.41, 5.74) is 2.91. The molecule has 0 spiro atoms. The lowest BCUT2D eigenvalue weighted by Crippen LogP contribution is -2.09. The van der Waals surface area contributed by atoms with E-state index in [1.807, 2.05) is 48.5 Å². The molecule has 0 aliphatic rings. The SMILES string of the molecule is CCCCCCOC(=O)c1ccc(NC(=O)C=Cc2ccc(OCc3ccccc3)c(OC)c2)cc1. The molecule has 0 saturated carbocycles. The molecule has 0 aliphatic carbocycles. The summed E-state index contributed by atoms with van der Waals surface area (Å²) in [6.45, 7) is 3.00. The molecule has 0 unspecified atom stereocenters. The van der Waals surface area contributed by atoms with Gasteiger partial charge >= 0.3 is 5.97 Å². The van der Waals surface area contributed by atoms with Gasteiger partial charge in [0.15, 0.2) is 11.5 Å². The van der Waals surface area contributed by atoms with Crippen LogP contribution in [0, 0.1) is 0 Å². The zero-order valence-corrected chi connectivity index (χ0v) is 20.9. The molecule has 1 N–H and O–H groups in total. The second kappa shape index (κ2) is 14.4. The summed E-state index contributed by atoms with van der Waals surface area (Å²) in [4.78, 5) is 24.5. The second-order valence-corrected chi connectivity index (χ2v) is 8.28. The Kier molecular flexibility index (Phi) is 10.6. The van der Waals surface area contributed by atoms with Crippen molar-refractivity contribution in [3.05, 3.63) is 95.6 Å². The lowest BCUT2D eigenvalue weighted by Gasteiger charge is -2.11. The van der Waals surface area contributed by atoms with Crippen LogP contribution in [-0.4, -0.2) is 25.6 Å². The van der Waals surface area contributed by atoms with Gasteiger partial charge in [0.05, 0.1) is 19.3 Å². The van der Waals surface area contributed by atoms with Gasteiger partial charge in [-0.3, -0.25) is 4.79 Å². The highest BCUT2D eigenvalue weighted by atomic mass is 16.5. The van der Waals surface area contributed by atoms with E-state index in [-0.39, 0.29) is 11.9 Å². The normalized spacial score (nSPS) is 10.7. The van der Waals surface area contributed by atoms with Gasteiger partial charge in [-0.1, -0.05) is 62.6 Å². The fourth-order valence-corrected chi connectivity index (χ4v) is 3.46. The van der Waals surface area contributed by atoms with E-state index in [9.17, 15) is 9.59 Å². The van der Waals surface area contributed by atoms with E-state index in [2.05, 4.69) is 12.2 Å². The van der Waals surface area contributed by atoms with Gasteiger partial charge in [0.25, 0.3) is 0 Å². The number of carbonyl (C=O) groups excluding carboxylic acids is 2. The quantitative estimate of drug-likeness (QED) is 0.166. The van der Waals surface area contributed by atoms with Gasteiger partial charge in [-0.2, -0.15) is 0 Å². The smallest absolute Gasteiger partial charge is 0.338 e. The largest absolute Gasteiger partial charge is 0.493 e. The van der Waals surface area contributed by atoms with Gasteiger partial charge in [-0.15, -0.1) is 0 Å². The van der Waals surface area contributed by atoms with E-state index in [1.54, 1.807) is 37.5 Å². The average molecular weight is 488 g/mol. The van der Waals surface area contributed by atoms with Crippen molar-refractivity contribution in [2.75, 3.05) is 19.0 Å². The predicted molar refractivity (Wildman–Crippen MR) is 142 cm³/mol. The molecule has 0 bridgehead atoms. The summed E-state index contributed by atoms with van der Waals surface area (Å²) >= 11 is 0. The van der Waals surface area contributed by atoms with Crippen molar-refractivity contribution in [3.8, 4) is 11.5 Å². The van der Waals surface area contributed by atoms with Crippen molar-refractivity contribution in [2.45, 2.75) is 39.2 Å². The molecule has 36 heavy (non-hydrogen) atoms. The molecule has 0 saturated heterocycles. The Morgan fingerprint density at radius 1 is 0.889 bits per heavy atom. The predicted octanol–water partition coefficient (Wildman–Crippen LogP) is 6.66. The van der Waals surface area contributed by atoms with Crippen molar-refractivity contribution in [3.63, 3.8) is 0 Å². The first-order valence-electron chi connectivity index (χ1n) is 12.2. The highest BCUT2D eigenvalue weighted by Crippen LogP contribution is 2.29. The average Bonchev–Trinajstić information content (AvgIpc) is 2.91. The minimum Gasteiger partial charge on any atom is -0.493 e. The van der Waals surface area contributed by atoms with Gasteiger partial charge in [0.1, 0.15) is 6.61 Å². The van der Waals surface area contributed by atoms with Gasteiger partial charge in [-0.05, 0) is 60.0 Å². The molecule has 188 valence electrons. The van der Waals surface area contributed by atoms with Crippen molar-refractivity contribution < 1.29 is 23.8 Å². The molecule has 0 atom stereocenters. The van der Waals surface area contributed by atoms with Crippen LogP contribution in [0.15, 0.2) is 78.9 Å². The van der Waals surface area contributed by atoms with Gasteiger partial charge in [0, 0.05) is 11.8 Å². The topological polar surface area (TPSA) is 73.9 Å². The molecular formula is C30H33NO5. The fourth-order valence-electron chi connectivity index (χ4n) is 3.46. The van der Waals surface area contributed by atoms with Crippen LogP contribution >= 0.6 is 0 Å². The summed E-state index contributed by atoms with van der Waals surface area (Å²) in [5, 5.41) is 2.79. The fraction of sp³-hybridized carbons (Fsp3) is 0.267. The van der Waals surface area contributed by atoms with Crippen molar-refractivity contribution in [2.24, 2.45) is 0 Å². The van der Waals surface area contributed by atoms with Crippen LogP contribution in [0.2, 0.25) is 0 Å². The van der Waals surface area contributed by atoms with E-state index >= 15 is 0 Å².